The highest BCUT2D eigenvalue weighted by molar-refractivity contribution is 7.15. The Morgan fingerprint density at radius 3 is 3.10 bits per heavy atom. The van der Waals surface area contributed by atoms with Crippen LogP contribution in [0.4, 0.5) is 5.13 Å². The van der Waals surface area contributed by atoms with E-state index in [2.05, 4.69) is 20.4 Å². The van der Waals surface area contributed by atoms with Crippen LogP contribution in [0.2, 0.25) is 0 Å². The fourth-order valence-electron chi connectivity index (χ4n) is 2.46. The number of hydrogen-bond acceptors (Lipinski definition) is 7. The van der Waals surface area contributed by atoms with Crippen LogP contribution in [0.1, 0.15) is 41.0 Å². The smallest absolute Gasteiger partial charge is 0.312 e. The maximum Gasteiger partial charge on any atom is 0.312 e. The number of rotatable bonds is 5. The first-order valence-electron chi connectivity index (χ1n) is 6.89. The lowest BCUT2D eigenvalue weighted by Gasteiger charge is -2.16. The van der Waals surface area contributed by atoms with Crippen LogP contribution in [0.25, 0.3) is 0 Å². The number of aryl methyl sites for hydroxylation is 2. The van der Waals surface area contributed by atoms with Crippen molar-refractivity contribution in [2.24, 2.45) is 0 Å². The van der Waals surface area contributed by atoms with Gasteiger partial charge in [0.15, 0.2) is 11.0 Å². The first-order chi connectivity index (χ1) is 10.1. The number of carboxylic acid groups (broad SMARTS) is 1. The molecule has 2 heterocycles. The molecule has 1 unspecified atom stereocenters. The SMILES string of the molecule is Cc1nc(CCNc2nc3c(s2)CCCC3C(=O)O)no1. The van der Waals surface area contributed by atoms with Gasteiger partial charge in [0.25, 0.3) is 0 Å². The number of thiazole rings is 1. The van der Waals surface area contributed by atoms with Crippen LogP contribution < -0.4 is 5.32 Å². The van der Waals surface area contributed by atoms with Gasteiger partial charge in [-0.25, -0.2) is 4.98 Å². The molecule has 1 atom stereocenters. The Labute approximate surface area is 125 Å². The number of aliphatic carboxylic acids is 1. The van der Waals surface area contributed by atoms with E-state index in [0.29, 0.717) is 31.1 Å². The van der Waals surface area contributed by atoms with Crippen LogP contribution in [-0.2, 0) is 17.6 Å². The van der Waals surface area contributed by atoms with Gasteiger partial charge in [0.2, 0.25) is 5.89 Å². The average molecular weight is 308 g/mol. The van der Waals surface area contributed by atoms with Gasteiger partial charge in [0, 0.05) is 24.8 Å². The predicted molar refractivity (Wildman–Crippen MR) is 76.7 cm³/mol. The Balaban J connectivity index is 1.63. The van der Waals surface area contributed by atoms with E-state index in [-0.39, 0.29) is 0 Å². The molecule has 0 fully saturated rings. The zero-order valence-electron chi connectivity index (χ0n) is 11.6. The molecule has 8 heteroatoms. The van der Waals surface area contributed by atoms with Gasteiger partial charge < -0.3 is 14.9 Å². The second-order valence-corrected chi connectivity index (χ2v) is 6.10. The number of fused-ring (bicyclic) bond motifs is 1. The molecular weight excluding hydrogens is 292 g/mol. The van der Waals surface area contributed by atoms with E-state index in [1.165, 1.54) is 0 Å². The van der Waals surface area contributed by atoms with E-state index in [0.717, 1.165) is 28.5 Å². The molecule has 0 bridgehead atoms. The molecule has 0 aliphatic heterocycles. The lowest BCUT2D eigenvalue weighted by Crippen LogP contribution is -2.17. The van der Waals surface area contributed by atoms with Gasteiger partial charge >= 0.3 is 5.97 Å². The van der Waals surface area contributed by atoms with Gasteiger partial charge in [0.05, 0.1) is 5.69 Å². The summed E-state index contributed by atoms with van der Waals surface area (Å²) in [7, 11) is 0. The summed E-state index contributed by atoms with van der Waals surface area (Å²) in [6.07, 6.45) is 3.15. The van der Waals surface area contributed by atoms with Crippen molar-refractivity contribution in [3.8, 4) is 0 Å². The summed E-state index contributed by atoms with van der Waals surface area (Å²) in [4.78, 5) is 20.9. The molecule has 0 aromatic carbocycles. The summed E-state index contributed by atoms with van der Waals surface area (Å²) >= 11 is 1.55. The Kier molecular flexibility index (Phi) is 3.87. The largest absolute Gasteiger partial charge is 0.481 e. The first kappa shape index (κ1) is 14.0. The molecule has 3 rings (SSSR count). The summed E-state index contributed by atoms with van der Waals surface area (Å²) < 4.78 is 4.91. The number of aromatic nitrogens is 3. The average Bonchev–Trinajstić information content (AvgIpc) is 3.04. The molecule has 0 saturated carbocycles. The zero-order chi connectivity index (χ0) is 14.8. The van der Waals surface area contributed by atoms with E-state index >= 15 is 0 Å². The minimum atomic E-state index is -0.782. The van der Waals surface area contributed by atoms with Crippen LogP contribution in [0, 0.1) is 6.92 Å². The number of nitrogens with zero attached hydrogens (tertiary/aromatic N) is 3. The normalized spacial score (nSPS) is 17.5. The van der Waals surface area contributed by atoms with Crippen LogP contribution in [0.15, 0.2) is 4.52 Å². The maximum absolute atomic E-state index is 11.2. The number of carboxylic acids is 1. The van der Waals surface area contributed by atoms with Gasteiger partial charge in [-0.15, -0.1) is 11.3 Å². The first-order valence-corrected chi connectivity index (χ1v) is 7.70. The second-order valence-electron chi connectivity index (χ2n) is 5.02. The van der Waals surface area contributed by atoms with Crippen molar-refractivity contribution in [2.45, 2.75) is 38.5 Å². The Bertz CT molecular complexity index is 652. The fraction of sp³-hybridized carbons (Fsp3) is 0.538. The number of anilines is 1. The highest BCUT2D eigenvalue weighted by Crippen LogP contribution is 2.36. The zero-order valence-corrected chi connectivity index (χ0v) is 12.4. The number of hydrogen-bond donors (Lipinski definition) is 2. The molecule has 2 aromatic heterocycles. The topological polar surface area (TPSA) is 101 Å². The highest BCUT2D eigenvalue weighted by atomic mass is 32.1. The Morgan fingerprint density at radius 1 is 1.52 bits per heavy atom. The van der Waals surface area contributed by atoms with Crippen LogP contribution in [-0.4, -0.2) is 32.7 Å². The quantitative estimate of drug-likeness (QED) is 0.871. The van der Waals surface area contributed by atoms with E-state index in [4.69, 9.17) is 4.52 Å². The van der Waals surface area contributed by atoms with E-state index in [9.17, 15) is 9.90 Å². The standard InChI is InChI=1S/C13H16N4O3S/c1-7-15-10(17-20-7)5-6-14-13-16-11-8(12(18)19)3-2-4-9(11)21-13/h8H,2-6H2,1H3,(H,14,16)(H,18,19). The Morgan fingerprint density at radius 2 is 2.38 bits per heavy atom. The predicted octanol–water partition coefficient (Wildman–Crippen LogP) is 1.99. The van der Waals surface area contributed by atoms with Crippen molar-refractivity contribution >= 4 is 22.4 Å². The third-order valence-electron chi connectivity index (χ3n) is 3.45. The van der Waals surface area contributed by atoms with Crippen molar-refractivity contribution in [2.75, 3.05) is 11.9 Å². The fourth-order valence-corrected chi connectivity index (χ4v) is 3.55. The molecule has 2 aromatic rings. The van der Waals surface area contributed by atoms with Crippen LogP contribution >= 0.6 is 11.3 Å². The van der Waals surface area contributed by atoms with Gasteiger partial charge in [-0.05, 0) is 19.3 Å². The molecule has 112 valence electrons. The molecule has 7 nitrogen and oxygen atoms in total. The molecule has 21 heavy (non-hydrogen) atoms. The summed E-state index contributed by atoms with van der Waals surface area (Å²) in [6, 6.07) is 0. The number of nitrogens with one attached hydrogen (secondary N) is 1. The molecule has 0 radical (unpaired) electrons. The molecule has 0 saturated heterocycles. The molecule has 1 aliphatic rings. The van der Waals surface area contributed by atoms with Gasteiger partial charge in [-0.3, -0.25) is 4.79 Å². The lowest BCUT2D eigenvalue weighted by atomic mass is 9.91. The highest BCUT2D eigenvalue weighted by Gasteiger charge is 2.29. The molecule has 0 amide bonds. The molecule has 0 spiro atoms. The van der Waals surface area contributed by atoms with Crippen molar-refractivity contribution in [1.29, 1.82) is 0 Å². The third kappa shape index (κ3) is 3.05. The lowest BCUT2D eigenvalue weighted by molar-refractivity contribution is -0.139. The third-order valence-corrected chi connectivity index (χ3v) is 4.54. The summed E-state index contributed by atoms with van der Waals surface area (Å²) in [5, 5.41) is 17.0. The second kappa shape index (κ2) is 5.80. The molecule has 1 aliphatic carbocycles. The summed E-state index contributed by atoms with van der Waals surface area (Å²) in [6.45, 7) is 2.40. The van der Waals surface area contributed by atoms with Crippen molar-refractivity contribution in [3.63, 3.8) is 0 Å². The van der Waals surface area contributed by atoms with Crippen LogP contribution in [0.5, 0.6) is 0 Å². The van der Waals surface area contributed by atoms with E-state index in [1.807, 2.05) is 0 Å². The van der Waals surface area contributed by atoms with Crippen molar-refractivity contribution in [1.82, 2.24) is 15.1 Å². The minimum Gasteiger partial charge on any atom is -0.481 e. The van der Waals surface area contributed by atoms with Crippen molar-refractivity contribution in [3.05, 3.63) is 22.3 Å². The van der Waals surface area contributed by atoms with E-state index < -0.39 is 11.9 Å². The van der Waals surface area contributed by atoms with Crippen molar-refractivity contribution < 1.29 is 14.4 Å². The monoisotopic (exact) mass is 308 g/mol. The minimum absolute atomic E-state index is 0.458. The van der Waals surface area contributed by atoms with Gasteiger partial charge in [-0.2, -0.15) is 4.98 Å². The summed E-state index contributed by atoms with van der Waals surface area (Å²) in [5.74, 6) is -0.0285. The Hall–Kier alpha value is -1.96. The van der Waals surface area contributed by atoms with E-state index in [1.54, 1.807) is 18.3 Å². The van der Waals surface area contributed by atoms with Crippen LogP contribution in [0.3, 0.4) is 0 Å². The van der Waals surface area contributed by atoms with Gasteiger partial charge in [0.1, 0.15) is 5.92 Å². The van der Waals surface area contributed by atoms with Gasteiger partial charge in [-0.1, -0.05) is 5.16 Å². The molecule has 2 N–H and O–H groups in total. The number of carbonyl (C=O) groups is 1. The maximum atomic E-state index is 11.2. The molecular formula is C13H16N4O3S. The summed E-state index contributed by atoms with van der Waals surface area (Å²) in [5.41, 5.74) is 0.733.